The van der Waals surface area contributed by atoms with Crippen LogP contribution in [0, 0.1) is 13.8 Å². The molecule has 0 atom stereocenters. The molecular weight excluding hydrogens is 376 g/mol. The van der Waals surface area contributed by atoms with Gasteiger partial charge in [-0.25, -0.2) is 4.98 Å². The molecule has 0 saturated heterocycles. The molecule has 3 aromatic rings. The van der Waals surface area contributed by atoms with Gasteiger partial charge < -0.3 is 0 Å². The number of carbonyl (C=O) groups is 2. The first-order valence-corrected chi connectivity index (χ1v) is 8.97. The molecule has 0 saturated carbocycles. The second-order valence-electron chi connectivity index (χ2n) is 5.42. The molecule has 0 aliphatic heterocycles. The van der Waals surface area contributed by atoms with Crippen molar-refractivity contribution in [2.45, 2.75) is 19.0 Å². The highest BCUT2D eigenvalue weighted by molar-refractivity contribution is 7.99. The summed E-state index contributed by atoms with van der Waals surface area (Å²) in [5.41, 5.74) is 6.63. The van der Waals surface area contributed by atoms with Gasteiger partial charge in [-0.2, -0.15) is 0 Å². The average Bonchev–Trinajstić information content (AvgIpc) is 3.01. The lowest BCUT2D eigenvalue weighted by atomic mass is 10.2. The molecule has 0 aliphatic rings. The summed E-state index contributed by atoms with van der Waals surface area (Å²) in [4.78, 5) is 28.3. The van der Waals surface area contributed by atoms with Crippen molar-refractivity contribution < 1.29 is 9.59 Å². The molecule has 0 aliphatic carbocycles. The quantitative estimate of drug-likeness (QED) is 0.521. The Bertz CT molecular complexity index is 973. The van der Waals surface area contributed by atoms with E-state index in [-0.39, 0.29) is 11.7 Å². The number of aryl methyl sites for hydroxylation is 2. The Morgan fingerprint density at radius 2 is 1.88 bits per heavy atom. The lowest BCUT2D eigenvalue weighted by molar-refractivity contribution is -0.119. The number of rotatable bonds is 4. The van der Waals surface area contributed by atoms with Gasteiger partial charge in [0, 0.05) is 22.3 Å². The molecule has 2 amide bonds. The Kier molecular flexibility index (Phi) is 5.38. The topological polar surface area (TPSA) is 101 Å². The van der Waals surface area contributed by atoms with Crippen LogP contribution in [0.15, 0.2) is 35.5 Å². The Balaban J connectivity index is 1.56. The Morgan fingerprint density at radius 1 is 1.15 bits per heavy atom. The molecule has 1 aromatic carbocycles. The van der Waals surface area contributed by atoms with Gasteiger partial charge in [0.2, 0.25) is 5.91 Å². The monoisotopic (exact) mass is 390 g/mol. The number of halogens is 1. The van der Waals surface area contributed by atoms with E-state index in [2.05, 4.69) is 26.0 Å². The molecule has 2 aromatic heterocycles. The number of hydrazine groups is 1. The number of hydrogen-bond acceptors (Lipinski definition) is 6. The third-order valence-corrected chi connectivity index (χ3v) is 4.59. The predicted octanol–water partition coefficient (Wildman–Crippen LogP) is 1.95. The van der Waals surface area contributed by atoms with Crippen LogP contribution in [0.25, 0.3) is 5.65 Å². The van der Waals surface area contributed by atoms with E-state index in [0.29, 0.717) is 21.4 Å². The minimum Gasteiger partial charge on any atom is -0.272 e. The van der Waals surface area contributed by atoms with Crippen molar-refractivity contribution in [1.82, 2.24) is 30.4 Å². The molecule has 26 heavy (non-hydrogen) atoms. The molecule has 2 N–H and O–H groups in total. The zero-order chi connectivity index (χ0) is 18.7. The van der Waals surface area contributed by atoms with Gasteiger partial charge in [-0.3, -0.25) is 24.8 Å². The van der Waals surface area contributed by atoms with Crippen LogP contribution in [-0.4, -0.2) is 37.1 Å². The maximum Gasteiger partial charge on any atom is 0.269 e. The molecule has 134 valence electrons. The Hall–Kier alpha value is -2.65. The Labute approximate surface area is 158 Å². The normalized spacial score (nSPS) is 10.7. The number of hydrogen-bond donors (Lipinski definition) is 2. The molecular formula is C16H15ClN6O2S. The van der Waals surface area contributed by atoms with Crippen molar-refractivity contribution in [2.75, 3.05) is 5.75 Å². The molecule has 0 unspecified atom stereocenters. The molecule has 0 fully saturated rings. The van der Waals surface area contributed by atoms with Gasteiger partial charge in [0.05, 0.1) is 5.75 Å². The SMILES string of the molecule is Cc1cc2nnc(SCC(=O)NNC(=O)c3ccc(Cl)cc3)n2c(C)n1. The predicted molar refractivity (Wildman–Crippen MR) is 98.0 cm³/mol. The summed E-state index contributed by atoms with van der Waals surface area (Å²) in [6.07, 6.45) is 0. The van der Waals surface area contributed by atoms with E-state index in [1.165, 1.54) is 11.8 Å². The highest BCUT2D eigenvalue weighted by atomic mass is 35.5. The molecule has 0 spiro atoms. The summed E-state index contributed by atoms with van der Waals surface area (Å²) in [6.45, 7) is 3.73. The van der Waals surface area contributed by atoms with Crippen LogP contribution in [0.3, 0.4) is 0 Å². The standard InChI is InChI=1S/C16H15ClN6O2S/c1-9-7-13-19-22-16(23(13)10(2)18-9)26-8-14(24)20-21-15(25)11-3-5-12(17)6-4-11/h3-7H,8H2,1-2H3,(H,20,24)(H,21,25). The number of aromatic nitrogens is 4. The largest absolute Gasteiger partial charge is 0.272 e. The Morgan fingerprint density at radius 3 is 2.62 bits per heavy atom. The van der Waals surface area contributed by atoms with E-state index in [1.54, 1.807) is 28.7 Å². The summed E-state index contributed by atoms with van der Waals surface area (Å²) in [5.74, 6) is 0.00820. The molecule has 10 heteroatoms. The first-order chi connectivity index (χ1) is 12.4. The number of nitrogens with zero attached hydrogens (tertiary/aromatic N) is 4. The zero-order valence-corrected chi connectivity index (χ0v) is 15.6. The van der Waals surface area contributed by atoms with Gasteiger partial charge in [-0.15, -0.1) is 10.2 Å². The van der Waals surface area contributed by atoms with E-state index >= 15 is 0 Å². The number of benzene rings is 1. The van der Waals surface area contributed by atoms with Crippen molar-refractivity contribution in [2.24, 2.45) is 0 Å². The highest BCUT2D eigenvalue weighted by Gasteiger charge is 2.13. The minimum absolute atomic E-state index is 0.0645. The van der Waals surface area contributed by atoms with E-state index in [1.807, 2.05) is 19.9 Å². The van der Waals surface area contributed by atoms with Gasteiger partial charge in [0.1, 0.15) is 5.82 Å². The van der Waals surface area contributed by atoms with Gasteiger partial charge in [-0.05, 0) is 38.1 Å². The first-order valence-electron chi connectivity index (χ1n) is 7.61. The van der Waals surface area contributed by atoms with Crippen LogP contribution >= 0.6 is 23.4 Å². The summed E-state index contributed by atoms with van der Waals surface area (Å²) >= 11 is 6.98. The van der Waals surface area contributed by atoms with Crippen molar-refractivity contribution in [1.29, 1.82) is 0 Å². The molecule has 2 heterocycles. The van der Waals surface area contributed by atoms with Gasteiger partial charge in [-0.1, -0.05) is 23.4 Å². The van der Waals surface area contributed by atoms with Crippen molar-refractivity contribution in [3.8, 4) is 0 Å². The molecule has 8 nitrogen and oxygen atoms in total. The highest BCUT2D eigenvalue weighted by Crippen LogP contribution is 2.18. The second kappa shape index (κ2) is 7.71. The van der Waals surface area contributed by atoms with Crippen molar-refractivity contribution in [3.05, 3.63) is 52.4 Å². The third-order valence-electron chi connectivity index (χ3n) is 3.41. The smallest absolute Gasteiger partial charge is 0.269 e. The lowest BCUT2D eigenvalue weighted by Gasteiger charge is -2.07. The van der Waals surface area contributed by atoms with E-state index in [0.717, 1.165) is 11.5 Å². The summed E-state index contributed by atoms with van der Waals surface area (Å²) in [6, 6.07) is 8.15. The fourth-order valence-corrected chi connectivity index (χ4v) is 3.17. The number of nitrogens with one attached hydrogen (secondary N) is 2. The molecule has 0 bridgehead atoms. The number of fused-ring (bicyclic) bond motifs is 1. The zero-order valence-electron chi connectivity index (χ0n) is 14.0. The maximum atomic E-state index is 12.0. The van der Waals surface area contributed by atoms with Crippen LogP contribution in [0.5, 0.6) is 0 Å². The minimum atomic E-state index is -0.427. The van der Waals surface area contributed by atoms with Gasteiger partial charge in [0.15, 0.2) is 10.8 Å². The third kappa shape index (κ3) is 4.12. The van der Waals surface area contributed by atoms with Crippen LogP contribution in [-0.2, 0) is 4.79 Å². The second-order valence-corrected chi connectivity index (χ2v) is 6.80. The van der Waals surface area contributed by atoms with Crippen LogP contribution in [0.1, 0.15) is 21.9 Å². The first kappa shape index (κ1) is 18.2. The van der Waals surface area contributed by atoms with Gasteiger partial charge >= 0.3 is 0 Å². The average molecular weight is 391 g/mol. The number of amides is 2. The molecule has 3 rings (SSSR count). The van der Waals surface area contributed by atoms with E-state index in [9.17, 15) is 9.59 Å². The van der Waals surface area contributed by atoms with E-state index in [4.69, 9.17) is 11.6 Å². The van der Waals surface area contributed by atoms with Gasteiger partial charge in [0.25, 0.3) is 5.91 Å². The molecule has 0 radical (unpaired) electrons. The summed E-state index contributed by atoms with van der Waals surface area (Å²) in [5, 5.41) is 9.25. The lowest BCUT2D eigenvalue weighted by Crippen LogP contribution is -2.42. The van der Waals surface area contributed by atoms with Crippen LogP contribution in [0.4, 0.5) is 0 Å². The maximum absolute atomic E-state index is 12.0. The fourth-order valence-electron chi connectivity index (χ4n) is 2.26. The number of carbonyl (C=O) groups excluding carboxylic acids is 2. The number of thioether (sulfide) groups is 1. The van der Waals surface area contributed by atoms with Crippen LogP contribution < -0.4 is 10.9 Å². The summed E-state index contributed by atoms with van der Waals surface area (Å²) in [7, 11) is 0. The van der Waals surface area contributed by atoms with Crippen molar-refractivity contribution in [3.63, 3.8) is 0 Å². The fraction of sp³-hybridized carbons (Fsp3) is 0.188. The van der Waals surface area contributed by atoms with Crippen LogP contribution in [0.2, 0.25) is 5.02 Å². The van der Waals surface area contributed by atoms with E-state index < -0.39 is 5.91 Å². The van der Waals surface area contributed by atoms with Crippen molar-refractivity contribution >= 4 is 40.8 Å². The summed E-state index contributed by atoms with van der Waals surface area (Å²) < 4.78 is 1.78.